The molecule has 20 heavy (non-hydrogen) atoms. The fourth-order valence-corrected chi connectivity index (χ4v) is 2.81. The Bertz CT molecular complexity index is 526. The second-order valence-electron chi connectivity index (χ2n) is 5.03. The maximum Gasteiger partial charge on any atom is 0.244 e. The average Bonchev–Trinajstić information content (AvgIpc) is 3.27. The largest absolute Gasteiger partial charge is 0.380 e. The molecule has 1 saturated carbocycles. The molecule has 1 heterocycles. The number of nitrogens with two attached hydrogens (primary N) is 1. The van der Waals surface area contributed by atoms with Gasteiger partial charge in [-0.1, -0.05) is 0 Å². The summed E-state index contributed by atoms with van der Waals surface area (Å²) in [4.78, 5) is 4.19. The van der Waals surface area contributed by atoms with Crippen molar-refractivity contribution in [2.75, 3.05) is 26.8 Å². The van der Waals surface area contributed by atoms with Crippen molar-refractivity contribution in [3.63, 3.8) is 0 Å². The third kappa shape index (κ3) is 3.99. The van der Waals surface area contributed by atoms with Crippen LogP contribution in [0, 0.1) is 5.92 Å². The normalized spacial score (nSPS) is 15.8. The summed E-state index contributed by atoms with van der Waals surface area (Å²) in [5.74, 6) is 0.685. The molecule has 2 rings (SSSR count). The summed E-state index contributed by atoms with van der Waals surface area (Å²) in [7, 11) is -1.95. The van der Waals surface area contributed by atoms with E-state index in [1.165, 1.54) is 29.4 Å². The predicted molar refractivity (Wildman–Crippen MR) is 75.5 cm³/mol. The Labute approximate surface area is 120 Å². The zero-order valence-electron chi connectivity index (χ0n) is 11.7. The summed E-state index contributed by atoms with van der Waals surface area (Å²) in [6, 6.07) is 3.16. The number of ether oxygens (including phenoxy) is 1. The quantitative estimate of drug-likeness (QED) is 0.710. The molecule has 0 saturated heterocycles. The molecule has 0 radical (unpaired) electrons. The monoisotopic (exact) mass is 299 g/mol. The van der Waals surface area contributed by atoms with Crippen LogP contribution in [0.4, 0.5) is 0 Å². The van der Waals surface area contributed by atoms with Crippen molar-refractivity contribution in [3.8, 4) is 0 Å². The van der Waals surface area contributed by atoms with Gasteiger partial charge >= 0.3 is 0 Å². The molecule has 6 nitrogen and oxygen atoms in total. The molecule has 1 aliphatic rings. The van der Waals surface area contributed by atoms with Crippen LogP contribution in [0.3, 0.4) is 0 Å². The molecule has 0 amide bonds. The molecule has 0 aliphatic heterocycles. The number of nitrogens with zero attached hydrogens (tertiary/aromatic N) is 2. The van der Waals surface area contributed by atoms with E-state index in [0.717, 1.165) is 6.61 Å². The number of hydrogen-bond acceptors (Lipinski definition) is 5. The van der Waals surface area contributed by atoms with Gasteiger partial charge in [0.05, 0.1) is 12.3 Å². The second kappa shape index (κ2) is 6.62. The average molecular weight is 299 g/mol. The Kier molecular flexibility index (Phi) is 5.09. The molecule has 0 aromatic carbocycles. The smallest absolute Gasteiger partial charge is 0.244 e. The van der Waals surface area contributed by atoms with E-state index in [0.29, 0.717) is 31.3 Å². The molecule has 1 aromatic heterocycles. The van der Waals surface area contributed by atoms with E-state index in [2.05, 4.69) is 4.98 Å². The van der Waals surface area contributed by atoms with Gasteiger partial charge in [0.2, 0.25) is 10.0 Å². The highest BCUT2D eigenvalue weighted by Crippen LogP contribution is 2.28. The van der Waals surface area contributed by atoms with E-state index in [-0.39, 0.29) is 4.90 Å². The van der Waals surface area contributed by atoms with Crippen LogP contribution in [-0.2, 0) is 21.3 Å². The van der Waals surface area contributed by atoms with Crippen molar-refractivity contribution >= 4 is 10.0 Å². The molecule has 0 spiro atoms. The zero-order valence-corrected chi connectivity index (χ0v) is 12.5. The van der Waals surface area contributed by atoms with Gasteiger partial charge < -0.3 is 10.5 Å². The van der Waals surface area contributed by atoms with E-state index < -0.39 is 10.0 Å². The second-order valence-corrected chi connectivity index (χ2v) is 7.08. The molecular weight excluding hydrogens is 278 g/mol. The summed E-state index contributed by atoms with van der Waals surface area (Å²) >= 11 is 0. The Morgan fingerprint density at radius 1 is 1.45 bits per heavy atom. The lowest BCUT2D eigenvalue weighted by Gasteiger charge is -2.17. The van der Waals surface area contributed by atoms with Crippen LogP contribution in [0.15, 0.2) is 23.2 Å². The molecule has 1 aliphatic carbocycles. The predicted octanol–water partition coefficient (Wildman–Crippen LogP) is 0.587. The zero-order chi connectivity index (χ0) is 14.6. The van der Waals surface area contributed by atoms with E-state index in [4.69, 9.17) is 10.5 Å². The summed E-state index contributed by atoms with van der Waals surface area (Å²) in [5.41, 5.74) is 6.11. The lowest BCUT2D eigenvalue weighted by molar-refractivity contribution is 0.117. The highest BCUT2D eigenvalue weighted by Gasteiger charge is 2.23. The first-order chi connectivity index (χ1) is 9.54. The van der Waals surface area contributed by atoms with Gasteiger partial charge in [-0.15, -0.1) is 0 Å². The highest BCUT2D eigenvalue weighted by molar-refractivity contribution is 7.89. The summed E-state index contributed by atoms with van der Waals surface area (Å²) in [5, 5.41) is 0. The minimum atomic E-state index is -3.50. The summed E-state index contributed by atoms with van der Waals surface area (Å²) < 4.78 is 31.3. The first-order valence-corrected chi connectivity index (χ1v) is 8.17. The third-order valence-electron chi connectivity index (χ3n) is 3.32. The van der Waals surface area contributed by atoms with Gasteiger partial charge in [-0.2, -0.15) is 4.31 Å². The van der Waals surface area contributed by atoms with Crippen LogP contribution in [0.2, 0.25) is 0 Å². The van der Waals surface area contributed by atoms with Gasteiger partial charge in [-0.25, -0.2) is 8.42 Å². The first-order valence-electron chi connectivity index (χ1n) is 6.73. The number of sulfonamides is 1. The standard InChI is InChI=1S/C13H21N3O3S/c1-16(6-7-19-10-11-2-3-11)20(17,18)13-5-4-12(8-14)15-9-13/h4-5,9,11H,2-3,6-8,10,14H2,1H3. The van der Waals surface area contributed by atoms with Crippen molar-refractivity contribution in [1.82, 2.24) is 9.29 Å². The van der Waals surface area contributed by atoms with Crippen LogP contribution in [-0.4, -0.2) is 44.5 Å². The SMILES string of the molecule is CN(CCOCC1CC1)S(=O)(=O)c1ccc(CN)nc1. The van der Waals surface area contributed by atoms with E-state index in [9.17, 15) is 8.42 Å². The molecule has 0 bridgehead atoms. The van der Waals surface area contributed by atoms with E-state index in [1.807, 2.05) is 0 Å². The van der Waals surface area contributed by atoms with Gasteiger partial charge in [0, 0.05) is 32.9 Å². The van der Waals surface area contributed by atoms with Crippen LogP contribution >= 0.6 is 0 Å². The number of hydrogen-bond donors (Lipinski definition) is 1. The molecule has 1 aromatic rings. The van der Waals surface area contributed by atoms with Gasteiger partial charge in [-0.05, 0) is 30.9 Å². The number of pyridine rings is 1. The van der Waals surface area contributed by atoms with E-state index >= 15 is 0 Å². The Balaban J connectivity index is 1.89. The Hall–Kier alpha value is -1.02. The molecule has 0 atom stereocenters. The highest BCUT2D eigenvalue weighted by atomic mass is 32.2. The van der Waals surface area contributed by atoms with Gasteiger partial charge in [0.15, 0.2) is 0 Å². The molecule has 112 valence electrons. The lowest BCUT2D eigenvalue weighted by Crippen LogP contribution is -2.30. The number of rotatable bonds is 8. The topological polar surface area (TPSA) is 85.5 Å². The molecule has 7 heteroatoms. The Morgan fingerprint density at radius 3 is 2.75 bits per heavy atom. The fourth-order valence-electron chi connectivity index (χ4n) is 1.71. The fraction of sp³-hybridized carbons (Fsp3) is 0.615. The lowest BCUT2D eigenvalue weighted by atomic mass is 10.4. The summed E-state index contributed by atoms with van der Waals surface area (Å²) in [6.07, 6.45) is 3.81. The van der Waals surface area contributed by atoms with Crippen molar-refractivity contribution in [3.05, 3.63) is 24.0 Å². The minimum absolute atomic E-state index is 0.180. The van der Waals surface area contributed by atoms with Crippen molar-refractivity contribution in [1.29, 1.82) is 0 Å². The molecule has 2 N–H and O–H groups in total. The molecule has 0 unspecified atom stereocenters. The van der Waals surface area contributed by atoms with Crippen LogP contribution in [0.1, 0.15) is 18.5 Å². The third-order valence-corrected chi connectivity index (χ3v) is 5.16. The van der Waals surface area contributed by atoms with Gasteiger partial charge in [0.1, 0.15) is 4.90 Å². The van der Waals surface area contributed by atoms with Crippen LogP contribution in [0.25, 0.3) is 0 Å². The van der Waals surface area contributed by atoms with E-state index in [1.54, 1.807) is 13.1 Å². The maximum atomic E-state index is 12.3. The number of aromatic nitrogens is 1. The van der Waals surface area contributed by atoms with Crippen molar-refractivity contribution in [2.45, 2.75) is 24.3 Å². The molecule has 1 fully saturated rings. The van der Waals surface area contributed by atoms with Crippen LogP contribution in [0.5, 0.6) is 0 Å². The minimum Gasteiger partial charge on any atom is -0.380 e. The van der Waals surface area contributed by atoms with Crippen molar-refractivity contribution in [2.24, 2.45) is 11.7 Å². The maximum absolute atomic E-state index is 12.3. The number of likely N-dealkylation sites (N-methyl/N-ethyl adjacent to an activating group) is 1. The van der Waals surface area contributed by atoms with Gasteiger partial charge in [0.25, 0.3) is 0 Å². The van der Waals surface area contributed by atoms with Crippen LogP contribution < -0.4 is 5.73 Å². The Morgan fingerprint density at radius 2 is 2.20 bits per heavy atom. The van der Waals surface area contributed by atoms with Gasteiger partial charge in [-0.3, -0.25) is 4.98 Å². The first kappa shape index (κ1) is 15.4. The molecular formula is C13H21N3O3S. The van der Waals surface area contributed by atoms with Crippen molar-refractivity contribution < 1.29 is 13.2 Å². The summed E-state index contributed by atoms with van der Waals surface area (Å²) in [6.45, 7) is 1.79.